The molecule has 0 radical (unpaired) electrons. The Morgan fingerprint density at radius 2 is 1.71 bits per heavy atom. The smallest absolute Gasteiger partial charge is 0.254 e. The highest BCUT2D eigenvalue weighted by molar-refractivity contribution is 6.19. The van der Waals surface area contributed by atoms with Gasteiger partial charge in [-0.1, -0.05) is 29.8 Å². The van der Waals surface area contributed by atoms with E-state index in [2.05, 4.69) is 15.1 Å². The maximum absolute atomic E-state index is 12.0. The first kappa shape index (κ1) is 14.3. The first-order valence-corrected chi connectivity index (χ1v) is 7.46. The molecule has 8 heteroatoms. The molecule has 1 aliphatic heterocycles. The zero-order valence-electron chi connectivity index (χ0n) is 12.8. The number of anilines is 1. The van der Waals surface area contributed by atoms with Crippen LogP contribution in [0.1, 0.15) is 18.4 Å². The zero-order chi connectivity index (χ0) is 16.8. The number of hydrogen-bond acceptors (Lipinski definition) is 5. The molecule has 4 rings (SSSR count). The molecule has 0 saturated carbocycles. The fraction of sp³-hybridized carbons (Fsp3) is 0.188. The number of aromatic amines is 1. The molecule has 1 aromatic carbocycles. The number of carbonyl (C=O) groups is 2. The third-order valence-electron chi connectivity index (χ3n) is 3.91. The molecule has 0 spiro atoms. The molecular formula is C16H13N5O3. The number of aromatic nitrogens is 4. The largest absolute Gasteiger partial charge is 0.291 e. The van der Waals surface area contributed by atoms with Crippen LogP contribution in [0.5, 0.6) is 0 Å². The van der Waals surface area contributed by atoms with Crippen LogP contribution in [0.15, 0.2) is 35.1 Å². The summed E-state index contributed by atoms with van der Waals surface area (Å²) < 4.78 is 1.32. The number of nitrogens with zero attached hydrogens (tertiary/aromatic N) is 4. The average Bonchev–Trinajstić information content (AvgIpc) is 3.11. The monoisotopic (exact) mass is 323 g/mol. The van der Waals surface area contributed by atoms with Crippen molar-refractivity contribution in [3.8, 4) is 11.4 Å². The van der Waals surface area contributed by atoms with E-state index >= 15 is 0 Å². The summed E-state index contributed by atoms with van der Waals surface area (Å²) in [6.45, 7) is 1.97. The number of amides is 2. The second-order valence-corrected chi connectivity index (χ2v) is 5.65. The topological polar surface area (TPSA) is 100 Å². The number of imide groups is 1. The van der Waals surface area contributed by atoms with Gasteiger partial charge in [0.15, 0.2) is 11.6 Å². The highest BCUT2D eigenvalue weighted by Gasteiger charge is 2.33. The van der Waals surface area contributed by atoms with Crippen LogP contribution in [0.2, 0.25) is 0 Å². The number of aryl methyl sites for hydroxylation is 1. The lowest BCUT2D eigenvalue weighted by atomic mass is 10.1. The van der Waals surface area contributed by atoms with Gasteiger partial charge >= 0.3 is 0 Å². The van der Waals surface area contributed by atoms with Crippen LogP contribution in [0.25, 0.3) is 17.2 Å². The van der Waals surface area contributed by atoms with E-state index < -0.39 is 5.56 Å². The lowest BCUT2D eigenvalue weighted by Gasteiger charge is -2.13. The van der Waals surface area contributed by atoms with Gasteiger partial charge in [-0.15, -0.1) is 5.10 Å². The summed E-state index contributed by atoms with van der Waals surface area (Å²) in [5.41, 5.74) is 1.42. The van der Waals surface area contributed by atoms with Gasteiger partial charge in [0.25, 0.3) is 5.56 Å². The lowest BCUT2D eigenvalue weighted by Crippen LogP contribution is -2.32. The third kappa shape index (κ3) is 2.19. The van der Waals surface area contributed by atoms with Gasteiger partial charge in [0.2, 0.25) is 17.6 Å². The van der Waals surface area contributed by atoms with Crippen molar-refractivity contribution in [2.24, 2.45) is 0 Å². The quantitative estimate of drug-likeness (QED) is 0.710. The van der Waals surface area contributed by atoms with Crippen molar-refractivity contribution < 1.29 is 9.59 Å². The molecule has 1 fully saturated rings. The van der Waals surface area contributed by atoms with Crippen LogP contribution in [0.4, 0.5) is 5.82 Å². The molecule has 1 saturated heterocycles. The Kier molecular flexibility index (Phi) is 3.05. The van der Waals surface area contributed by atoms with E-state index in [4.69, 9.17) is 0 Å². The molecule has 1 N–H and O–H groups in total. The van der Waals surface area contributed by atoms with Gasteiger partial charge in [0.05, 0.1) is 0 Å². The van der Waals surface area contributed by atoms with Crippen molar-refractivity contribution in [2.45, 2.75) is 19.8 Å². The molecule has 120 valence electrons. The Morgan fingerprint density at radius 3 is 2.38 bits per heavy atom. The third-order valence-corrected chi connectivity index (χ3v) is 3.91. The summed E-state index contributed by atoms with van der Waals surface area (Å²) in [6.07, 6.45) is 0.263. The highest BCUT2D eigenvalue weighted by atomic mass is 16.2. The van der Waals surface area contributed by atoms with Crippen molar-refractivity contribution in [3.63, 3.8) is 0 Å². The predicted octanol–water partition coefficient (Wildman–Crippen LogP) is 1.05. The van der Waals surface area contributed by atoms with Crippen LogP contribution < -0.4 is 10.5 Å². The second kappa shape index (κ2) is 5.12. The van der Waals surface area contributed by atoms with Crippen LogP contribution in [-0.2, 0) is 9.59 Å². The minimum absolute atomic E-state index is 0.118. The zero-order valence-corrected chi connectivity index (χ0v) is 12.8. The maximum atomic E-state index is 12.0. The van der Waals surface area contributed by atoms with E-state index in [1.54, 1.807) is 0 Å². The molecule has 24 heavy (non-hydrogen) atoms. The molecule has 2 aromatic heterocycles. The number of carbonyl (C=O) groups excluding carboxylic acids is 2. The molecule has 0 bridgehead atoms. The molecular weight excluding hydrogens is 310 g/mol. The Morgan fingerprint density at radius 1 is 1.04 bits per heavy atom. The number of fused-ring (bicyclic) bond motifs is 1. The van der Waals surface area contributed by atoms with Crippen LogP contribution in [0, 0.1) is 6.92 Å². The first-order valence-electron chi connectivity index (χ1n) is 7.46. The summed E-state index contributed by atoms with van der Waals surface area (Å²) in [6, 6.07) is 8.78. The van der Waals surface area contributed by atoms with Gasteiger partial charge < -0.3 is 0 Å². The summed E-state index contributed by atoms with van der Waals surface area (Å²) >= 11 is 0. The van der Waals surface area contributed by atoms with E-state index in [-0.39, 0.29) is 36.3 Å². The maximum Gasteiger partial charge on any atom is 0.254 e. The summed E-state index contributed by atoms with van der Waals surface area (Å²) in [5.74, 6) is 0.00320. The fourth-order valence-corrected chi connectivity index (χ4v) is 2.69. The van der Waals surface area contributed by atoms with Crippen molar-refractivity contribution >= 4 is 23.4 Å². The minimum atomic E-state index is -0.451. The molecule has 0 unspecified atom stereocenters. The van der Waals surface area contributed by atoms with E-state index in [1.807, 2.05) is 31.2 Å². The van der Waals surface area contributed by atoms with Crippen LogP contribution in [0.3, 0.4) is 0 Å². The summed E-state index contributed by atoms with van der Waals surface area (Å²) in [7, 11) is 0. The Balaban J connectivity index is 1.92. The van der Waals surface area contributed by atoms with Gasteiger partial charge in [-0.3, -0.25) is 19.4 Å². The molecule has 0 atom stereocenters. The normalized spacial score (nSPS) is 14.8. The van der Waals surface area contributed by atoms with Crippen molar-refractivity contribution in [1.82, 2.24) is 19.6 Å². The second-order valence-electron chi connectivity index (χ2n) is 5.65. The average molecular weight is 323 g/mol. The SMILES string of the molecule is Cc1ccc(-c2nc3[nH]c(=O)cc(N4C(=O)CCC4=O)n3n2)cc1. The van der Waals surface area contributed by atoms with E-state index in [1.165, 1.54) is 10.6 Å². The van der Waals surface area contributed by atoms with Gasteiger partial charge in [0, 0.05) is 24.5 Å². The van der Waals surface area contributed by atoms with Crippen LogP contribution >= 0.6 is 0 Å². The molecule has 3 heterocycles. The number of rotatable bonds is 2. The Labute approximate surface area is 135 Å². The Bertz CT molecular complexity index is 1020. The molecule has 0 aliphatic carbocycles. The fourth-order valence-electron chi connectivity index (χ4n) is 2.69. The van der Waals surface area contributed by atoms with E-state index in [9.17, 15) is 14.4 Å². The van der Waals surface area contributed by atoms with E-state index in [0.29, 0.717) is 5.82 Å². The van der Waals surface area contributed by atoms with Gasteiger partial charge in [-0.2, -0.15) is 9.50 Å². The van der Waals surface area contributed by atoms with Crippen molar-refractivity contribution in [1.29, 1.82) is 0 Å². The molecule has 2 amide bonds. The van der Waals surface area contributed by atoms with E-state index in [0.717, 1.165) is 16.0 Å². The van der Waals surface area contributed by atoms with Gasteiger partial charge in [-0.05, 0) is 6.92 Å². The molecule has 1 aliphatic rings. The minimum Gasteiger partial charge on any atom is -0.291 e. The Hall–Kier alpha value is -3.29. The first-order chi connectivity index (χ1) is 11.5. The van der Waals surface area contributed by atoms with Gasteiger partial charge in [-0.25, -0.2) is 4.90 Å². The van der Waals surface area contributed by atoms with Gasteiger partial charge in [0.1, 0.15) is 0 Å². The number of nitrogens with one attached hydrogen (secondary N) is 1. The summed E-state index contributed by atoms with van der Waals surface area (Å²) in [4.78, 5) is 43.7. The number of H-pyrrole nitrogens is 1. The molecule has 3 aromatic rings. The summed E-state index contributed by atoms with van der Waals surface area (Å²) in [5, 5.41) is 4.36. The lowest BCUT2D eigenvalue weighted by molar-refractivity contribution is -0.121. The predicted molar refractivity (Wildman–Crippen MR) is 85.5 cm³/mol. The van der Waals surface area contributed by atoms with Crippen molar-refractivity contribution in [3.05, 3.63) is 46.2 Å². The van der Waals surface area contributed by atoms with Crippen LogP contribution in [-0.4, -0.2) is 31.4 Å². The molecule has 8 nitrogen and oxygen atoms in total. The van der Waals surface area contributed by atoms with Crippen molar-refractivity contribution in [2.75, 3.05) is 4.90 Å². The number of benzene rings is 1. The highest BCUT2D eigenvalue weighted by Crippen LogP contribution is 2.23. The number of hydrogen-bond donors (Lipinski definition) is 1. The standard InChI is InChI=1S/C16H13N5O3/c1-9-2-4-10(5-3-9)15-18-16-17-11(22)8-12(21(16)19-15)20-13(23)6-7-14(20)24/h2-5,8H,6-7H2,1H3,(H,17,18,19,22).